The first kappa shape index (κ1) is 57.1. The Morgan fingerprint density at radius 3 is 2.01 bits per heavy atom. The molecule has 1 aromatic carbocycles. The number of hydrogen-bond acceptors (Lipinski definition) is 10. The number of piperazine rings is 1. The van der Waals surface area contributed by atoms with E-state index in [1.807, 2.05) is 57.7 Å². The second kappa shape index (κ2) is 26.7. The van der Waals surface area contributed by atoms with Gasteiger partial charge in [0.15, 0.2) is 5.96 Å². The number of likely N-dealkylation sites (tertiary alicyclic amines) is 1. The van der Waals surface area contributed by atoms with Crippen molar-refractivity contribution in [2.45, 2.75) is 135 Å². The summed E-state index contributed by atoms with van der Waals surface area (Å²) in [6, 6.07) is 7.22. The monoisotopic (exact) mass is 986 g/mol. The van der Waals surface area contributed by atoms with Crippen molar-refractivity contribution < 1.29 is 52.6 Å². The van der Waals surface area contributed by atoms with Crippen LogP contribution in [0.25, 0.3) is 0 Å². The van der Waals surface area contributed by atoms with Crippen molar-refractivity contribution in [3.8, 4) is 0 Å². The van der Waals surface area contributed by atoms with Crippen LogP contribution in [0.1, 0.15) is 98.0 Å². The Balaban J connectivity index is 1.42. The average molecular weight is 986 g/mol. The molecule has 386 valence electrons. The number of ketones is 1. The highest BCUT2D eigenvalue weighted by atomic mass is 31.2. The minimum Gasteiger partial charge on any atom is -0.379 e. The molecule has 2 N–H and O–H groups in total. The van der Waals surface area contributed by atoms with Crippen molar-refractivity contribution >= 4 is 48.9 Å². The highest BCUT2D eigenvalue weighted by Gasteiger charge is 2.44. The van der Waals surface area contributed by atoms with Crippen LogP contribution in [-0.4, -0.2) is 191 Å². The van der Waals surface area contributed by atoms with Gasteiger partial charge in [-0.2, -0.15) is 0 Å². The topological polar surface area (TPSA) is 210 Å². The lowest BCUT2D eigenvalue weighted by Gasteiger charge is -2.41. The first-order chi connectivity index (χ1) is 32.6. The van der Waals surface area contributed by atoms with Crippen LogP contribution in [0.4, 0.5) is 0 Å². The molecule has 2 fully saturated rings. The predicted molar refractivity (Wildman–Crippen MR) is 264 cm³/mol. The second-order valence-electron chi connectivity index (χ2n) is 19.5. The van der Waals surface area contributed by atoms with Crippen LogP contribution in [0.15, 0.2) is 47.5 Å². The van der Waals surface area contributed by atoms with Gasteiger partial charge in [-0.3, -0.25) is 38.2 Å². The molecule has 2 saturated heterocycles. The van der Waals surface area contributed by atoms with Gasteiger partial charge in [0.1, 0.15) is 11.8 Å². The SMILES string of the molecule is CC[C@H](C)[C@@H]([C@@H](CC(=O)N1CCC[C@H]1[C@H](OC)[C@@H](C)C(=O)C[C@@H](Cc1ccccc1)P(=O)(O)O)OC)N(C)C(=O)[C@@H](N=C(N(C)C)N1CCN(C(=O)CCCCCN2C(=O)C=CC2=O)CC1)C(C)C. The number of carbonyl (C=O) groups excluding carboxylic acids is 6. The van der Waals surface area contributed by atoms with Crippen LogP contribution in [0, 0.1) is 17.8 Å². The number of rotatable bonds is 25. The van der Waals surface area contributed by atoms with Gasteiger partial charge in [-0.25, -0.2) is 4.99 Å². The highest BCUT2D eigenvalue weighted by Crippen LogP contribution is 2.45. The summed E-state index contributed by atoms with van der Waals surface area (Å²) in [5.74, 6) is -1.67. The Morgan fingerprint density at radius 1 is 0.841 bits per heavy atom. The van der Waals surface area contributed by atoms with Crippen LogP contribution in [-0.2, 0) is 49.2 Å². The van der Waals surface area contributed by atoms with Gasteiger partial charge in [0, 0.05) is 106 Å². The zero-order valence-electron chi connectivity index (χ0n) is 42.7. The van der Waals surface area contributed by atoms with Crippen molar-refractivity contribution in [2.24, 2.45) is 22.7 Å². The molecule has 19 heteroatoms. The Kier molecular flexibility index (Phi) is 22.1. The van der Waals surface area contributed by atoms with E-state index in [-0.39, 0.29) is 66.4 Å². The maximum absolute atomic E-state index is 14.7. The Morgan fingerprint density at radius 2 is 1.46 bits per heavy atom. The molecule has 0 aliphatic carbocycles. The summed E-state index contributed by atoms with van der Waals surface area (Å²) >= 11 is 0. The summed E-state index contributed by atoms with van der Waals surface area (Å²) in [6.45, 7) is 12.5. The molecular formula is C50H80N7O11P. The molecule has 0 unspecified atom stereocenters. The number of imide groups is 1. The summed E-state index contributed by atoms with van der Waals surface area (Å²) < 4.78 is 24.6. The van der Waals surface area contributed by atoms with Crippen LogP contribution in [0.2, 0.25) is 0 Å². The van der Waals surface area contributed by atoms with E-state index in [1.165, 1.54) is 24.2 Å². The summed E-state index contributed by atoms with van der Waals surface area (Å²) in [4.78, 5) is 116. The van der Waals surface area contributed by atoms with E-state index < -0.39 is 49.5 Å². The van der Waals surface area contributed by atoms with E-state index in [9.17, 15) is 43.1 Å². The lowest BCUT2D eigenvalue weighted by Crippen LogP contribution is -2.56. The summed E-state index contributed by atoms with van der Waals surface area (Å²) in [5.41, 5.74) is -0.475. The number of unbranched alkanes of at least 4 members (excludes halogenated alkanes) is 2. The first-order valence-corrected chi connectivity index (χ1v) is 26.4. The molecule has 0 aromatic heterocycles. The largest absolute Gasteiger partial charge is 0.379 e. The maximum Gasteiger partial charge on any atom is 0.329 e. The summed E-state index contributed by atoms with van der Waals surface area (Å²) in [7, 11) is 3.93. The number of Topliss-reactive ketones (excluding diaryl/α,β-unsaturated/α-hetero) is 1. The molecule has 0 radical (unpaired) electrons. The normalized spacial score (nSPS) is 20.0. The number of likely N-dealkylation sites (N-methyl/N-ethyl adjacent to an activating group) is 1. The number of guanidine groups is 1. The van der Waals surface area contributed by atoms with Crippen molar-refractivity contribution in [2.75, 3.05) is 74.6 Å². The average Bonchev–Trinajstić information content (AvgIpc) is 3.93. The van der Waals surface area contributed by atoms with Gasteiger partial charge < -0.3 is 43.8 Å². The molecule has 1 aromatic rings. The molecule has 0 saturated carbocycles. The van der Waals surface area contributed by atoms with E-state index in [1.54, 1.807) is 55.1 Å². The molecular weight excluding hydrogens is 906 g/mol. The number of benzene rings is 1. The second-order valence-corrected chi connectivity index (χ2v) is 21.5. The minimum atomic E-state index is -4.63. The quantitative estimate of drug-likeness (QED) is 0.0463. The molecule has 3 aliphatic rings. The molecule has 5 amide bonds. The molecule has 0 spiro atoms. The van der Waals surface area contributed by atoms with Gasteiger partial charge in [-0.05, 0) is 49.5 Å². The van der Waals surface area contributed by atoms with E-state index in [0.717, 1.165) is 12.0 Å². The maximum atomic E-state index is 14.7. The first-order valence-electron chi connectivity index (χ1n) is 24.7. The van der Waals surface area contributed by atoms with Gasteiger partial charge in [-0.15, -0.1) is 0 Å². The van der Waals surface area contributed by atoms with E-state index >= 15 is 0 Å². The third-order valence-corrected chi connectivity index (χ3v) is 15.5. The van der Waals surface area contributed by atoms with E-state index in [4.69, 9.17) is 14.5 Å². The van der Waals surface area contributed by atoms with Crippen LogP contribution >= 0.6 is 7.60 Å². The number of nitrogens with zero attached hydrogens (tertiary/aromatic N) is 7. The number of methoxy groups -OCH3 is 2. The van der Waals surface area contributed by atoms with Crippen LogP contribution < -0.4 is 0 Å². The highest BCUT2D eigenvalue weighted by molar-refractivity contribution is 7.52. The lowest BCUT2D eigenvalue weighted by molar-refractivity contribution is -0.146. The van der Waals surface area contributed by atoms with Crippen molar-refractivity contribution in [1.82, 2.24) is 29.4 Å². The lowest BCUT2D eigenvalue weighted by atomic mass is 9.88. The third kappa shape index (κ3) is 15.5. The van der Waals surface area contributed by atoms with Gasteiger partial charge in [-0.1, -0.05) is 77.8 Å². The Labute approximate surface area is 409 Å². The fourth-order valence-electron chi connectivity index (χ4n) is 9.95. The number of carbonyl (C=O) groups is 6. The zero-order chi connectivity index (χ0) is 51.2. The molecule has 18 nitrogen and oxygen atoms in total. The van der Waals surface area contributed by atoms with Crippen molar-refractivity contribution in [1.29, 1.82) is 0 Å². The van der Waals surface area contributed by atoms with Crippen LogP contribution in [0.3, 0.4) is 0 Å². The number of ether oxygens (including phenoxy) is 2. The molecule has 3 heterocycles. The predicted octanol–water partition coefficient (Wildman–Crippen LogP) is 4.23. The Bertz CT molecular complexity index is 1990. The van der Waals surface area contributed by atoms with Crippen LogP contribution in [0.5, 0.6) is 0 Å². The Hall–Kier alpha value is -4.48. The number of hydrogen-bond donors (Lipinski definition) is 2. The number of aliphatic imine (C=N–C) groups is 1. The van der Waals surface area contributed by atoms with Crippen molar-refractivity contribution in [3.63, 3.8) is 0 Å². The molecule has 3 aliphatic heterocycles. The molecule has 8 atom stereocenters. The molecule has 69 heavy (non-hydrogen) atoms. The van der Waals surface area contributed by atoms with E-state index in [0.29, 0.717) is 83.8 Å². The van der Waals surface area contributed by atoms with Crippen molar-refractivity contribution in [3.05, 3.63) is 48.0 Å². The number of amides is 5. The van der Waals surface area contributed by atoms with E-state index in [2.05, 4.69) is 4.90 Å². The zero-order valence-corrected chi connectivity index (χ0v) is 43.6. The van der Waals surface area contributed by atoms with Gasteiger partial charge in [0.05, 0.1) is 36.4 Å². The fraction of sp³-hybridized carbons (Fsp3) is 0.700. The third-order valence-electron chi connectivity index (χ3n) is 14.2. The van der Waals surface area contributed by atoms with Gasteiger partial charge in [0.2, 0.25) is 17.7 Å². The minimum absolute atomic E-state index is 0.0321. The summed E-state index contributed by atoms with van der Waals surface area (Å²) in [5, 5.41) is 0. The fourth-order valence-corrected chi connectivity index (χ4v) is 10.8. The molecule has 0 bridgehead atoms. The standard InChI is InChI=1S/C50H80N7O11P/c1-11-35(4)47(41(67-9)33-45(62)56-26-18-21-39(56)48(68-10)36(5)40(58)32-38(69(64,65)66)31-37-19-14-12-15-20-37)53(8)49(63)46(34(2)3)51-50(52(6)7)55-29-27-54(28-30-55)42(59)22-16-13-17-25-57-43(60)23-24-44(57)61/h12,14-15,19-20,23-24,34-36,38-39,41,46-48H,11,13,16-18,21-22,25-33H2,1-10H3,(H2,64,65,66)/t35-,36-,38+,39-,41+,46-,47-,48+/m0/s1. The van der Waals surface area contributed by atoms with Gasteiger partial charge >= 0.3 is 7.60 Å². The van der Waals surface area contributed by atoms with Gasteiger partial charge in [0.25, 0.3) is 11.8 Å². The smallest absolute Gasteiger partial charge is 0.329 e. The summed E-state index contributed by atoms with van der Waals surface area (Å²) in [6.07, 6.45) is 5.19. The molecule has 4 rings (SSSR count).